The molecule has 0 radical (unpaired) electrons. The van der Waals surface area contributed by atoms with Crippen molar-refractivity contribution >= 4 is 5.57 Å². The van der Waals surface area contributed by atoms with Crippen LogP contribution in [0.4, 0.5) is 0 Å². The van der Waals surface area contributed by atoms with Gasteiger partial charge in [0.15, 0.2) is 0 Å². The van der Waals surface area contributed by atoms with Crippen molar-refractivity contribution in [1.29, 1.82) is 0 Å². The number of allylic oxidation sites excluding steroid dienone is 4. The maximum absolute atomic E-state index is 11.6. The molecule has 4 heteroatoms. The lowest BCUT2D eigenvalue weighted by atomic mass is 9.43. The Bertz CT molecular complexity index is 1290. The summed E-state index contributed by atoms with van der Waals surface area (Å²) < 4.78 is 0. The molecule has 1 saturated heterocycles. The lowest BCUT2D eigenvalue weighted by molar-refractivity contribution is -0.00791. The van der Waals surface area contributed by atoms with E-state index in [2.05, 4.69) is 76.9 Å². The summed E-state index contributed by atoms with van der Waals surface area (Å²) >= 11 is 0. The summed E-state index contributed by atoms with van der Waals surface area (Å²) in [6.07, 6.45) is 5.92. The van der Waals surface area contributed by atoms with Gasteiger partial charge in [0, 0.05) is 28.6 Å². The topological polar surface area (TPSA) is 52.7 Å². The molecule has 1 heterocycles. The number of aryl methyl sites for hydroxylation is 1. The molecule has 3 N–H and O–H groups in total. The minimum absolute atomic E-state index is 0.190. The van der Waals surface area contributed by atoms with Gasteiger partial charge in [-0.3, -0.25) is 9.80 Å². The Morgan fingerprint density at radius 3 is 2.39 bits per heavy atom. The highest BCUT2D eigenvalue weighted by Crippen LogP contribution is 2.67. The third-order valence-electron chi connectivity index (χ3n) is 10.8. The summed E-state index contributed by atoms with van der Waals surface area (Å²) in [6.45, 7) is 25.9. The van der Waals surface area contributed by atoms with Gasteiger partial charge in [0.2, 0.25) is 0 Å². The summed E-state index contributed by atoms with van der Waals surface area (Å²) in [5, 5.41) is 11.6. The summed E-state index contributed by atoms with van der Waals surface area (Å²) in [4.78, 5) is 4.78. The largest absolute Gasteiger partial charge is 0.510 e. The predicted molar refractivity (Wildman–Crippen MR) is 160 cm³/mol. The molecule has 4 nitrogen and oxygen atoms in total. The molecular weight excluding hydrogens is 466 g/mol. The molecule has 4 aliphatic rings. The van der Waals surface area contributed by atoms with E-state index in [1.54, 1.807) is 0 Å². The molecule has 0 aromatic heterocycles. The van der Waals surface area contributed by atoms with Crippen molar-refractivity contribution in [3.63, 3.8) is 0 Å². The molecule has 1 fully saturated rings. The van der Waals surface area contributed by atoms with Crippen LogP contribution in [0.15, 0.2) is 65.6 Å². The summed E-state index contributed by atoms with van der Waals surface area (Å²) in [6, 6.07) is 4.47. The molecule has 1 unspecified atom stereocenters. The number of aliphatic hydroxyl groups excluding tert-OH is 1. The minimum atomic E-state index is -0.391. The van der Waals surface area contributed by atoms with Crippen LogP contribution in [0.25, 0.3) is 5.57 Å². The Morgan fingerprint density at radius 2 is 1.79 bits per heavy atom. The predicted octanol–water partition coefficient (Wildman–Crippen LogP) is 6.68. The number of hydrogen-bond donors (Lipinski definition) is 2. The first-order chi connectivity index (χ1) is 17.8. The summed E-state index contributed by atoms with van der Waals surface area (Å²) in [5.41, 5.74) is 17.0. The fourth-order valence-electron chi connectivity index (χ4n) is 8.79. The van der Waals surface area contributed by atoms with Crippen LogP contribution in [-0.4, -0.2) is 48.1 Å². The van der Waals surface area contributed by atoms with Crippen molar-refractivity contribution in [3.8, 4) is 0 Å². The quantitative estimate of drug-likeness (QED) is 0.471. The summed E-state index contributed by atoms with van der Waals surface area (Å²) in [7, 11) is 4.11. The molecule has 0 bridgehead atoms. The Labute approximate surface area is 230 Å². The number of rotatable bonds is 4. The molecule has 4 atom stereocenters. The Hall–Kier alpha value is -2.56. The molecule has 3 aliphatic carbocycles. The normalized spacial score (nSPS) is 31.9. The Kier molecular flexibility index (Phi) is 6.60. The molecule has 38 heavy (non-hydrogen) atoms. The second-order valence-corrected chi connectivity index (χ2v) is 13.0. The van der Waals surface area contributed by atoms with E-state index < -0.39 is 5.41 Å². The SMILES string of the molecule is C=C(N)C1=C(O)[C@@H](N(C)C)[C@]2(C)C[C@@H]3Cc4c(CN5CCCCC5)ccc(C)c4C(=C)C3=C(C)C2(C)C1=C. The average Bonchev–Trinajstić information content (AvgIpc) is 2.83. The molecule has 1 aromatic rings. The van der Waals surface area contributed by atoms with Gasteiger partial charge >= 0.3 is 0 Å². The number of benzene rings is 1. The maximum atomic E-state index is 11.6. The van der Waals surface area contributed by atoms with Crippen LogP contribution in [0.1, 0.15) is 68.7 Å². The molecule has 0 spiro atoms. The second kappa shape index (κ2) is 9.27. The van der Waals surface area contributed by atoms with Crippen LogP contribution in [0.5, 0.6) is 0 Å². The number of piperidine rings is 1. The van der Waals surface area contributed by atoms with Crippen molar-refractivity contribution in [1.82, 2.24) is 9.80 Å². The van der Waals surface area contributed by atoms with Gasteiger partial charge in [0.1, 0.15) is 5.76 Å². The first kappa shape index (κ1) is 27.0. The van der Waals surface area contributed by atoms with E-state index in [0.29, 0.717) is 22.9 Å². The van der Waals surface area contributed by atoms with Crippen molar-refractivity contribution in [2.75, 3.05) is 27.2 Å². The van der Waals surface area contributed by atoms with E-state index in [9.17, 15) is 5.11 Å². The Balaban J connectivity index is 1.68. The maximum Gasteiger partial charge on any atom is 0.119 e. The minimum Gasteiger partial charge on any atom is -0.510 e. The number of nitrogens with two attached hydrogens (primary N) is 1. The summed E-state index contributed by atoms with van der Waals surface area (Å²) in [5.74, 6) is 0.654. The monoisotopic (exact) mass is 513 g/mol. The number of likely N-dealkylation sites (N-methyl/N-ethyl adjacent to an activating group) is 1. The van der Waals surface area contributed by atoms with Crippen LogP contribution in [-0.2, 0) is 13.0 Å². The van der Waals surface area contributed by atoms with Crippen LogP contribution >= 0.6 is 0 Å². The van der Waals surface area contributed by atoms with E-state index in [1.807, 2.05) is 0 Å². The number of nitrogens with zero attached hydrogens (tertiary/aromatic N) is 2. The van der Waals surface area contributed by atoms with Gasteiger partial charge in [-0.2, -0.15) is 0 Å². The fourth-order valence-corrected chi connectivity index (χ4v) is 8.79. The van der Waals surface area contributed by atoms with Crippen LogP contribution in [0, 0.1) is 23.7 Å². The molecule has 5 rings (SSSR count). The number of aliphatic hydroxyl groups is 1. The number of fused-ring (bicyclic) bond motifs is 3. The molecule has 0 amide bonds. The first-order valence-electron chi connectivity index (χ1n) is 14.3. The average molecular weight is 514 g/mol. The van der Waals surface area contributed by atoms with Crippen molar-refractivity contribution in [3.05, 3.63) is 87.9 Å². The molecular formula is C34H47N3O. The third-order valence-corrected chi connectivity index (χ3v) is 10.8. The highest BCUT2D eigenvalue weighted by atomic mass is 16.3. The van der Waals surface area contributed by atoms with Gasteiger partial charge in [0.05, 0.1) is 6.04 Å². The van der Waals surface area contributed by atoms with E-state index in [-0.39, 0.29) is 11.5 Å². The fraction of sp³-hybridized carbons (Fsp3) is 0.529. The second-order valence-electron chi connectivity index (χ2n) is 13.0. The molecule has 204 valence electrons. The van der Waals surface area contributed by atoms with E-state index >= 15 is 0 Å². The van der Waals surface area contributed by atoms with Gasteiger partial charge in [-0.1, -0.05) is 57.7 Å². The van der Waals surface area contributed by atoms with Crippen LogP contribution in [0.2, 0.25) is 0 Å². The van der Waals surface area contributed by atoms with Gasteiger partial charge in [0.25, 0.3) is 0 Å². The zero-order valence-corrected chi connectivity index (χ0v) is 24.5. The van der Waals surface area contributed by atoms with E-state index in [1.165, 1.54) is 71.3 Å². The van der Waals surface area contributed by atoms with Crippen LogP contribution in [0.3, 0.4) is 0 Å². The highest BCUT2D eigenvalue weighted by molar-refractivity contribution is 5.86. The van der Waals surface area contributed by atoms with E-state index in [4.69, 9.17) is 12.3 Å². The van der Waals surface area contributed by atoms with Gasteiger partial charge < -0.3 is 10.8 Å². The van der Waals surface area contributed by atoms with Gasteiger partial charge in [-0.25, -0.2) is 0 Å². The van der Waals surface area contributed by atoms with Gasteiger partial charge in [-0.05, 0) is 112 Å². The number of likely N-dealkylation sites (tertiary alicyclic amines) is 1. The number of hydrogen-bond acceptors (Lipinski definition) is 4. The third kappa shape index (κ3) is 3.63. The van der Waals surface area contributed by atoms with Crippen molar-refractivity contribution < 1.29 is 5.11 Å². The van der Waals surface area contributed by atoms with E-state index in [0.717, 1.165) is 25.0 Å². The van der Waals surface area contributed by atoms with Crippen molar-refractivity contribution in [2.24, 2.45) is 22.5 Å². The van der Waals surface area contributed by atoms with Crippen molar-refractivity contribution in [2.45, 2.75) is 72.4 Å². The zero-order valence-electron chi connectivity index (χ0n) is 24.5. The lowest BCUT2D eigenvalue weighted by Crippen LogP contribution is -2.60. The molecule has 0 saturated carbocycles. The van der Waals surface area contributed by atoms with Crippen LogP contribution < -0.4 is 5.73 Å². The molecule has 1 aromatic carbocycles. The standard InChI is InChI=1S/C34H47N3O/c1-20-13-14-25(19-37-15-11-10-12-16-37)27-17-26-18-33(6)32(36(8)9)31(38)30(24(5)35)23(4)34(33,7)22(3)29(26)21(2)28(20)27/h13-14,26,32,38H,2,4-5,10-12,15-19,35H2,1,3,6-9H3/t26-,32+,33-,34?/m0/s1. The zero-order chi connectivity index (χ0) is 27.7. The first-order valence-corrected chi connectivity index (χ1v) is 14.3. The Morgan fingerprint density at radius 1 is 1.13 bits per heavy atom. The smallest absolute Gasteiger partial charge is 0.119 e. The lowest BCUT2D eigenvalue weighted by Gasteiger charge is -2.62. The highest BCUT2D eigenvalue weighted by Gasteiger charge is 2.62. The molecule has 1 aliphatic heterocycles. The van der Waals surface area contributed by atoms with Gasteiger partial charge in [-0.15, -0.1) is 0 Å².